The summed E-state index contributed by atoms with van der Waals surface area (Å²) >= 11 is 0. The molecule has 0 fully saturated rings. The van der Waals surface area contributed by atoms with E-state index in [1.165, 1.54) is 25.3 Å². The molecule has 0 aliphatic carbocycles. The van der Waals surface area contributed by atoms with Crippen LogP contribution >= 0.6 is 12.4 Å². The molecule has 112 valence electrons. The fraction of sp³-hybridized carbons (Fsp3) is 0.417. The van der Waals surface area contributed by atoms with E-state index in [0.29, 0.717) is 6.54 Å². The molecule has 1 rings (SSSR count). The van der Waals surface area contributed by atoms with Gasteiger partial charge in [-0.3, -0.25) is 14.9 Å². The van der Waals surface area contributed by atoms with Crippen LogP contribution < -0.4 is 15.8 Å². The van der Waals surface area contributed by atoms with E-state index >= 15 is 0 Å². The van der Waals surface area contributed by atoms with Crippen LogP contribution in [-0.2, 0) is 0 Å². The summed E-state index contributed by atoms with van der Waals surface area (Å²) in [6.45, 7) is 3.86. The van der Waals surface area contributed by atoms with Gasteiger partial charge in [-0.05, 0) is 19.9 Å². The highest BCUT2D eigenvalue weighted by Gasteiger charge is 2.18. The van der Waals surface area contributed by atoms with Gasteiger partial charge in [0.25, 0.3) is 5.91 Å². The molecule has 0 heterocycles. The van der Waals surface area contributed by atoms with Crippen molar-refractivity contribution in [2.24, 2.45) is 5.73 Å². The van der Waals surface area contributed by atoms with E-state index in [-0.39, 0.29) is 35.3 Å². The summed E-state index contributed by atoms with van der Waals surface area (Å²) in [7, 11) is 1.31. The van der Waals surface area contributed by atoms with Gasteiger partial charge in [-0.2, -0.15) is 0 Å². The van der Waals surface area contributed by atoms with E-state index in [9.17, 15) is 14.9 Å². The molecular weight excluding hydrogens is 286 g/mol. The molecular formula is C12H18ClN3O4. The van der Waals surface area contributed by atoms with Crippen molar-refractivity contribution in [3.63, 3.8) is 0 Å². The third kappa shape index (κ3) is 5.02. The van der Waals surface area contributed by atoms with Crippen LogP contribution in [0, 0.1) is 10.1 Å². The maximum atomic E-state index is 11.8. The highest BCUT2D eigenvalue weighted by molar-refractivity contribution is 5.95. The SMILES string of the molecule is COc1cc(C(=O)NCC(C)(C)N)ccc1[N+](=O)[O-].Cl. The first-order valence-corrected chi connectivity index (χ1v) is 5.64. The van der Waals surface area contributed by atoms with Crippen LogP contribution in [0.5, 0.6) is 5.75 Å². The second kappa shape index (κ2) is 7.06. The van der Waals surface area contributed by atoms with Gasteiger partial charge < -0.3 is 15.8 Å². The molecule has 1 amide bonds. The summed E-state index contributed by atoms with van der Waals surface area (Å²) < 4.78 is 4.90. The van der Waals surface area contributed by atoms with Crippen molar-refractivity contribution in [1.29, 1.82) is 0 Å². The van der Waals surface area contributed by atoms with Crippen LogP contribution in [0.3, 0.4) is 0 Å². The van der Waals surface area contributed by atoms with Crippen molar-refractivity contribution in [3.8, 4) is 5.75 Å². The fourth-order valence-electron chi connectivity index (χ4n) is 1.38. The molecule has 7 nitrogen and oxygen atoms in total. The Balaban J connectivity index is 0.00000361. The number of nitro groups is 1. The van der Waals surface area contributed by atoms with Crippen LogP contribution in [-0.4, -0.2) is 30.0 Å². The van der Waals surface area contributed by atoms with Crippen molar-refractivity contribution >= 4 is 24.0 Å². The number of rotatable bonds is 5. The molecule has 0 saturated heterocycles. The highest BCUT2D eigenvalue weighted by atomic mass is 35.5. The van der Waals surface area contributed by atoms with E-state index in [1.54, 1.807) is 13.8 Å². The third-order valence-corrected chi connectivity index (χ3v) is 2.34. The van der Waals surface area contributed by atoms with Crippen LogP contribution in [0.1, 0.15) is 24.2 Å². The maximum Gasteiger partial charge on any atom is 0.310 e. The second-order valence-corrected chi connectivity index (χ2v) is 4.81. The number of halogens is 1. The minimum atomic E-state index is -0.566. The Bertz CT molecular complexity index is 500. The van der Waals surface area contributed by atoms with Gasteiger partial charge in [0.15, 0.2) is 5.75 Å². The summed E-state index contributed by atoms with van der Waals surface area (Å²) in [4.78, 5) is 22.0. The van der Waals surface area contributed by atoms with Crippen molar-refractivity contribution < 1.29 is 14.5 Å². The normalized spacial score (nSPS) is 10.4. The molecule has 0 atom stereocenters. The van der Waals surface area contributed by atoms with Gasteiger partial charge in [0.1, 0.15) is 0 Å². The van der Waals surface area contributed by atoms with Gasteiger partial charge in [-0.1, -0.05) is 0 Å². The number of carbonyl (C=O) groups excluding carboxylic acids is 1. The molecule has 1 aromatic rings. The standard InChI is InChI=1S/C12H17N3O4.ClH/c1-12(2,13)7-14-11(16)8-4-5-9(15(17)18)10(6-8)19-3;/h4-6H,7,13H2,1-3H3,(H,14,16);1H. The van der Waals surface area contributed by atoms with Gasteiger partial charge >= 0.3 is 5.69 Å². The van der Waals surface area contributed by atoms with Crippen LogP contribution in [0.15, 0.2) is 18.2 Å². The van der Waals surface area contributed by atoms with Crippen molar-refractivity contribution in [2.75, 3.05) is 13.7 Å². The average molecular weight is 304 g/mol. The summed E-state index contributed by atoms with van der Waals surface area (Å²) in [6, 6.07) is 3.94. The number of amides is 1. The first-order chi connectivity index (χ1) is 8.74. The molecule has 0 aromatic heterocycles. The van der Waals surface area contributed by atoms with E-state index in [1.807, 2.05) is 0 Å². The monoisotopic (exact) mass is 303 g/mol. The first kappa shape index (κ1) is 18.1. The van der Waals surface area contributed by atoms with Gasteiger partial charge in [0, 0.05) is 29.8 Å². The van der Waals surface area contributed by atoms with Gasteiger partial charge in [-0.15, -0.1) is 12.4 Å². The Morgan fingerprint density at radius 1 is 1.50 bits per heavy atom. The van der Waals surface area contributed by atoms with Gasteiger partial charge in [0.2, 0.25) is 0 Å². The highest BCUT2D eigenvalue weighted by Crippen LogP contribution is 2.27. The number of benzene rings is 1. The van der Waals surface area contributed by atoms with Crippen molar-refractivity contribution in [3.05, 3.63) is 33.9 Å². The Hall–Kier alpha value is -1.86. The zero-order valence-electron chi connectivity index (χ0n) is 11.5. The van der Waals surface area contributed by atoms with Crippen LogP contribution in [0.4, 0.5) is 5.69 Å². The van der Waals surface area contributed by atoms with Gasteiger partial charge in [-0.25, -0.2) is 0 Å². The summed E-state index contributed by atoms with van der Waals surface area (Å²) in [5, 5.41) is 13.4. The molecule has 8 heteroatoms. The first-order valence-electron chi connectivity index (χ1n) is 5.64. The molecule has 0 unspecified atom stereocenters. The number of nitrogens with one attached hydrogen (secondary N) is 1. The lowest BCUT2D eigenvalue weighted by atomic mass is 10.1. The summed E-state index contributed by atoms with van der Waals surface area (Å²) in [5.74, 6) is -0.309. The minimum Gasteiger partial charge on any atom is -0.490 e. The van der Waals surface area contributed by atoms with Crippen molar-refractivity contribution in [1.82, 2.24) is 5.32 Å². The van der Waals surface area contributed by atoms with E-state index in [0.717, 1.165) is 0 Å². The zero-order valence-corrected chi connectivity index (χ0v) is 12.3. The van der Waals surface area contributed by atoms with E-state index < -0.39 is 10.5 Å². The second-order valence-electron chi connectivity index (χ2n) is 4.81. The van der Waals surface area contributed by atoms with Gasteiger partial charge in [0.05, 0.1) is 12.0 Å². The number of nitrogens with zero attached hydrogens (tertiary/aromatic N) is 1. The van der Waals surface area contributed by atoms with Crippen molar-refractivity contribution in [2.45, 2.75) is 19.4 Å². The Labute approximate surface area is 123 Å². The maximum absolute atomic E-state index is 11.8. The molecule has 0 spiro atoms. The number of nitrogens with two attached hydrogens (primary N) is 1. The molecule has 0 aliphatic rings. The molecule has 0 bridgehead atoms. The molecule has 0 radical (unpaired) electrons. The summed E-state index contributed by atoms with van der Waals surface area (Å²) in [6.07, 6.45) is 0. The number of nitro benzene ring substituents is 1. The zero-order chi connectivity index (χ0) is 14.6. The number of carbonyl (C=O) groups is 1. The average Bonchev–Trinajstić information content (AvgIpc) is 2.34. The van der Waals surface area contributed by atoms with E-state index in [2.05, 4.69) is 5.32 Å². The molecule has 0 aliphatic heterocycles. The predicted octanol–water partition coefficient (Wildman–Crippen LogP) is 1.49. The number of hydrogen-bond acceptors (Lipinski definition) is 5. The Morgan fingerprint density at radius 3 is 2.55 bits per heavy atom. The lowest BCUT2D eigenvalue weighted by Crippen LogP contribution is -2.45. The number of ether oxygens (including phenoxy) is 1. The minimum absolute atomic E-state index is 0. The lowest BCUT2D eigenvalue weighted by Gasteiger charge is -2.18. The quantitative estimate of drug-likeness (QED) is 0.633. The summed E-state index contributed by atoms with van der Waals surface area (Å²) in [5.41, 5.74) is 5.33. The van der Waals surface area contributed by atoms with Crippen LogP contribution in [0.2, 0.25) is 0 Å². The third-order valence-electron chi connectivity index (χ3n) is 2.34. The molecule has 20 heavy (non-hydrogen) atoms. The topological polar surface area (TPSA) is 107 Å². The Morgan fingerprint density at radius 2 is 2.10 bits per heavy atom. The molecule has 3 N–H and O–H groups in total. The smallest absolute Gasteiger partial charge is 0.310 e. The van der Waals surface area contributed by atoms with E-state index in [4.69, 9.17) is 10.5 Å². The molecule has 1 aromatic carbocycles. The largest absolute Gasteiger partial charge is 0.490 e. The number of methoxy groups -OCH3 is 1. The predicted molar refractivity (Wildman–Crippen MR) is 77.5 cm³/mol. The number of hydrogen-bond donors (Lipinski definition) is 2. The Kier molecular flexibility index (Phi) is 6.41. The lowest BCUT2D eigenvalue weighted by molar-refractivity contribution is -0.385. The molecule has 0 saturated carbocycles. The fourth-order valence-corrected chi connectivity index (χ4v) is 1.38. The van der Waals surface area contributed by atoms with Crippen LogP contribution in [0.25, 0.3) is 0 Å².